The lowest BCUT2D eigenvalue weighted by molar-refractivity contribution is 0.410. The molecule has 0 amide bonds. The summed E-state index contributed by atoms with van der Waals surface area (Å²) in [6, 6.07) is 0. The maximum absolute atomic E-state index is 6.55. The summed E-state index contributed by atoms with van der Waals surface area (Å²) in [6.45, 7) is 6.99. The minimum absolute atomic E-state index is 0.444. The average molecular weight is 169 g/mol. The van der Waals surface area contributed by atoms with Gasteiger partial charge in [0.25, 0.3) is 5.19 Å². The maximum Gasteiger partial charge on any atom is 0.292 e. The molecule has 0 saturated heterocycles. The van der Waals surface area contributed by atoms with Crippen molar-refractivity contribution in [1.82, 2.24) is 9.36 Å². The van der Waals surface area contributed by atoms with Crippen molar-refractivity contribution >= 4 is 11.5 Å². The van der Waals surface area contributed by atoms with Gasteiger partial charge in [-0.1, -0.05) is 0 Å². The molecule has 0 fully saturated rings. The number of hydrogen-bond acceptors (Lipinski definition) is 4. The number of nitrogens with zero attached hydrogens (tertiary/aromatic N) is 3. The van der Waals surface area contributed by atoms with E-state index in [1.54, 1.807) is 7.11 Å². The molecular formula is C6H7N3OS. The first kappa shape index (κ1) is 7.95. The second-order valence-electron chi connectivity index (χ2n) is 1.81. The zero-order valence-corrected chi connectivity index (χ0v) is 6.89. The summed E-state index contributed by atoms with van der Waals surface area (Å²) < 4.78 is 8.83. The molecule has 0 bridgehead atoms. The summed E-state index contributed by atoms with van der Waals surface area (Å²) >= 11 is 1.21. The van der Waals surface area contributed by atoms with Gasteiger partial charge in [0.2, 0.25) is 6.54 Å². The number of hydrogen-bond donors (Lipinski definition) is 0. The molecule has 0 unspecified atom stereocenters. The van der Waals surface area contributed by atoms with Gasteiger partial charge in [0.1, 0.15) is 0 Å². The Labute approximate surface area is 68.8 Å². The lowest BCUT2D eigenvalue weighted by Crippen LogP contribution is -1.90. The predicted molar refractivity (Wildman–Crippen MR) is 41.6 cm³/mol. The highest BCUT2D eigenvalue weighted by atomic mass is 32.1. The maximum atomic E-state index is 6.55. The molecule has 4 nitrogen and oxygen atoms in total. The highest BCUT2D eigenvalue weighted by Gasteiger charge is 2.03. The van der Waals surface area contributed by atoms with Crippen molar-refractivity contribution in [2.75, 3.05) is 13.7 Å². The van der Waals surface area contributed by atoms with Gasteiger partial charge in [-0.25, -0.2) is 6.57 Å². The van der Waals surface area contributed by atoms with Crippen LogP contribution in [-0.4, -0.2) is 23.0 Å². The van der Waals surface area contributed by atoms with Crippen LogP contribution in [0, 0.1) is 6.57 Å². The molecule has 1 aromatic rings. The standard InChI is InChI=1S/C6H7N3OS/c1-7-4-3-5-8-6(10-2)11-9-5/h3-4H2,2H3. The Hall–Kier alpha value is -1.15. The first-order valence-electron chi connectivity index (χ1n) is 3.06. The summed E-state index contributed by atoms with van der Waals surface area (Å²) in [5.74, 6) is 0.697. The smallest absolute Gasteiger partial charge is 0.292 e. The Bertz CT molecular complexity index is 265. The van der Waals surface area contributed by atoms with E-state index in [9.17, 15) is 0 Å². The molecule has 0 atom stereocenters. The minimum atomic E-state index is 0.444. The van der Waals surface area contributed by atoms with Gasteiger partial charge in [-0.15, -0.1) is 0 Å². The second kappa shape index (κ2) is 3.88. The molecule has 58 valence electrons. The zero-order valence-electron chi connectivity index (χ0n) is 6.07. The fourth-order valence-corrected chi connectivity index (χ4v) is 1.11. The van der Waals surface area contributed by atoms with E-state index in [-0.39, 0.29) is 0 Å². The summed E-state index contributed by atoms with van der Waals surface area (Å²) in [4.78, 5) is 7.21. The lowest BCUT2D eigenvalue weighted by atomic mass is 10.4. The van der Waals surface area contributed by atoms with Crippen molar-refractivity contribution in [3.63, 3.8) is 0 Å². The van der Waals surface area contributed by atoms with Gasteiger partial charge < -0.3 is 9.58 Å². The van der Waals surface area contributed by atoms with E-state index in [1.807, 2.05) is 0 Å². The van der Waals surface area contributed by atoms with E-state index >= 15 is 0 Å². The minimum Gasteiger partial charge on any atom is -0.472 e. The van der Waals surface area contributed by atoms with Crippen molar-refractivity contribution in [2.45, 2.75) is 6.42 Å². The molecule has 0 aromatic carbocycles. The van der Waals surface area contributed by atoms with Gasteiger partial charge >= 0.3 is 0 Å². The van der Waals surface area contributed by atoms with Crippen molar-refractivity contribution in [3.8, 4) is 5.19 Å². The van der Waals surface area contributed by atoms with Crippen molar-refractivity contribution < 1.29 is 4.74 Å². The predicted octanol–water partition coefficient (Wildman–Crippen LogP) is 1.01. The summed E-state index contributed by atoms with van der Waals surface area (Å²) in [5.41, 5.74) is 0. The van der Waals surface area contributed by atoms with Crippen molar-refractivity contribution in [1.29, 1.82) is 0 Å². The molecule has 1 aromatic heterocycles. The van der Waals surface area contributed by atoms with E-state index in [0.717, 1.165) is 0 Å². The highest BCUT2D eigenvalue weighted by Crippen LogP contribution is 2.12. The van der Waals surface area contributed by atoms with E-state index in [1.165, 1.54) is 11.5 Å². The van der Waals surface area contributed by atoms with Gasteiger partial charge in [0.15, 0.2) is 5.82 Å². The summed E-state index contributed by atoms with van der Waals surface area (Å²) in [6.07, 6.45) is 0.614. The summed E-state index contributed by atoms with van der Waals surface area (Å²) in [5, 5.41) is 0.560. The quantitative estimate of drug-likeness (QED) is 0.634. The Kier molecular flexibility index (Phi) is 2.81. The van der Waals surface area contributed by atoms with Crippen molar-refractivity contribution in [3.05, 3.63) is 17.2 Å². The first-order chi connectivity index (χ1) is 5.36. The topological polar surface area (TPSA) is 39.4 Å². The SMILES string of the molecule is [C-]#[N+]CCc1nsc(OC)n1. The Morgan fingerprint density at radius 1 is 1.73 bits per heavy atom. The van der Waals surface area contributed by atoms with Crippen LogP contribution in [0.1, 0.15) is 5.82 Å². The monoisotopic (exact) mass is 169 g/mol. The van der Waals surface area contributed by atoms with Gasteiger partial charge in [-0.2, -0.15) is 9.36 Å². The van der Waals surface area contributed by atoms with Crippen LogP contribution in [0.3, 0.4) is 0 Å². The molecule has 1 rings (SSSR count). The molecule has 5 heteroatoms. The van der Waals surface area contributed by atoms with Crippen LogP contribution in [0.25, 0.3) is 4.85 Å². The number of rotatable bonds is 3. The summed E-state index contributed by atoms with van der Waals surface area (Å²) in [7, 11) is 1.55. The molecule has 0 spiro atoms. The molecule has 0 aliphatic heterocycles. The molecule has 1 heterocycles. The average Bonchev–Trinajstić information content (AvgIpc) is 2.48. The third-order valence-corrected chi connectivity index (χ3v) is 1.79. The molecular weight excluding hydrogens is 162 g/mol. The third-order valence-electron chi connectivity index (χ3n) is 1.07. The van der Waals surface area contributed by atoms with Crippen LogP contribution in [0.4, 0.5) is 0 Å². The van der Waals surface area contributed by atoms with E-state index in [4.69, 9.17) is 11.3 Å². The van der Waals surface area contributed by atoms with Crippen LogP contribution in [-0.2, 0) is 6.42 Å². The van der Waals surface area contributed by atoms with Crippen molar-refractivity contribution in [2.24, 2.45) is 0 Å². The van der Waals surface area contributed by atoms with E-state index in [2.05, 4.69) is 14.2 Å². The Morgan fingerprint density at radius 2 is 2.55 bits per heavy atom. The first-order valence-corrected chi connectivity index (χ1v) is 3.84. The highest BCUT2D eigenvalue weighted by molar-refractivity contribution is 7.07. The van der Waals surface area contributed by atoms with Gasteiger partial charge in [-0.05, 0) is 0 Å². The number of aromatic nitrogens is 2. The molecule has 0 N–H and O–H groups in total. The van der Waals surface area contributed by atoms with Gasteiger partial charge in [0, 0.05) is 11.5 Å². The number of methoxy groups -OCH3 is 1. The zero-order chi connectivity index (χ0) is 8.10. The number of ether oxygens (including phenoxy) is 1. The van der Waals surface area contributed by atoms with Crippen LogP contribution in [0.5, 0.6) is 5.19 Å². The van der Waals surface area contributed by atoms with Crippen LogP contribution in [0.2, 0.25) is 0 Å². The lowest BCUT2D eigenvalue weighted by Gasteiger charge is -1.85. The van der Waals surface area contributed by atoms with Crippen LogP contribution >= 0.6 is 11.5 Å². The van der Waals surface area contributed by atoms with Crippen LogP contribution in [0.15, 0.2) is 0 Å². The van der Waals surface area contributed by atoms with E-state index in [0.29, 0.717) is 24.0 Å². The third kappa shape index (κ3) is 2.16. The Balaban J connectivity index is 2.53. The van der Waals surface area contributed by atoms with Gasteiger partial charge in [-0.3, -0.25) is 0 Å². The molecule has 0 aliphatic carbocycles. The Morgan fingerprint density at radius 3 is 3.09 bits per heavy atom. The molecule has 0 radical (unpaired) electrons. The molecule has 0 saturated carbocycles. The van der Waals surface area contributed by atoms with Crippen LogP contribution < -0.4 is 4.74 Å². The largest absolute Gasteiger partial charge is 0.472 e. The molecule has 0 aliphatic rings. The molecule has 11 heavy (non-hydrogen) atoms. The normalized spacial score (nSPS) is 9.09. The fraction of sp³-hybridized carbons (Fsp3) is 0.500. The second-order valence-corrected chi connectivity index (χ2v) is 2.53. The fourth-order valence-electron chi connectivity index (χ4n) is 0.578. The van der Waals surface area contributed by atoms with Gasteiger partial charge in [0.05, 0.1) is 13.5 Å². The van der Waals surface area contributed by atoms with E-state index < -0.39 is 0 Å².